The second-order valence-electron chi connectivity index (χ2n) is 4.10. The predicted octanol–water partition coefficient (Wildman–Crippen LogP) is 2.39. The van der Waals surface area contributed by atoms with Gasteiger partial charge in [-0.2, -0.15) is 4.98 Å². The van der Waals surface area contributed by atoms with Crippen molar-refractivity contribution in [3.05, 3.63) is 28.2 Å². The van der Waals surface area contributed by atoms with Crippen molar-refractivity contribution >= 4 is 23.2 Å². The molecule has 88 valence electrons. The molecule has 0 radical (unpaired) electrons. The van der Waals surface area contributed by atoms with Crippen LogP contribution in [0.15, 0.2) is 17.5 Å². The molecule has 2 aromatic heterocycles. The van der Waals surface area contributed by atoms with E-state index in [0.717, 1.165) is 18.7 Å². The van der Waals surface area contributed by atoms with Gasteiger partial charge in [-0.15, -0.1) is 16.4 Å². The number of carbonyl (C=O) groups excluding carboxylic acids is 1. The van der Waals surface area contributed by atoms with E-state index in [-0.39, 0.29) is 5.91 Å². The molecule has 1 aliphatic carbocycles. The van der Waals surface area contributed by atoms with E-state index < -0.39 is 0 Å². The first-order valence-corrected chi connectivity index (χ1v) is 6.48. The first-order valence-electron chi connectivity index (χ1n) is 5.60. The van der Waals surface area contributed by atoms with Gasteiger partial charge in [-0.25, -0.2) is 0 Å². The summed E-state index contributed by atoms with van der Waals surface area (Å²) in [6.45, 7) is 0. The molecule has 2 N–H and O–H groups in total. The number of nitrogens with zero attached hydrogens (tertiary/aromatic N) is 2. The fourth-order valence-electron chi connectivity index (χ4n) is 1.77. The van der Waals surface area contributed by atoms with Crippen molar-refractivity contribution in [1.29, 1.82) is 0 Å². The van der Waals surface area contributed by atoms with Crippen LogP contribution in [0.25, 0.3) is 0 Å². The lowest BCUT2D eigenvalue weighted by molar-refractivity contribution is 0.102. The maximum absolute atomic E-state index is 11.7. The molecular formula is C11H12N4OS. The number of aromatic nitrogens is 3. The predicted molar refractivity (Wildman–Crippen MR) is 65.2 cm³/mol. The van der Waals surface area contributed by atoms with Gasteiger partial charge in [-0.1, -0.05) is 12.5 Å². The fourth-order valence-corrected chi connectivity index (χ4v) is 2.38. The molecule has 3 rings (SSSR count). The summed E-state index contributed by atoms with van der Waals surface area (Å²) in [5, 5.41) is 11.4. The lowest BCUT2D eigenvalue weighted by Crippen LogP contribution is -2.12. The normalized spacial score (nSPS) is 15.5. The van der Waals surface area contributed by atoms with Gasteiger partial charge in [0.15, 0.2) is 0 Å². The number of amides is 1. The first kappa shape index (κ1) is 10.5. The van der Waals surface area contributed by atoms with E-state index in [4.69, 9.17) is 0 Å². The van der Waals surface area contributed by atoms with Crippen LogP contribution in [0.5, 0.6) is 0 Å². The quantitative estimate of drug-likeness (QED) is 0.876. The first-order chi connectivity index (χ1) is 8.33. The number of rotatable bonds is 3. The number of aromatic amines is 1. The second kappa shape index (κ2) is 4.29. The summed E-state index contributed by atoms with van der Waals surface area (Å²) in [6, 6.07) is 3.62. The van der Waals surface area contributed by atoms with Gasteiger partial charge >= 0.3 is 0 Å². The Kier molecular flexibility index (Phi) is 2.64. The molecule has 5 nitrogen and oxygen atoms in total. The minimum Gasteiger partial charge on any atom is -0.288 e. The van der Waals surface area contributed by atoms with Crippen molar-refractivity contribution in [3.63, 3.8) is 0 Å². The zero-order valence-corrected chi connectivity index (χ0v) is 9.96. The Morgan fingerprint density at radius 1 is 1.53 bits per heavy atom. The van der Waals surface area contributed by atoms with Crippen molar-refractivity contribution in [2.75, 3.05) is 5.32 Å². The number of nitrogens with one attached hydrogen (secondary N) is 2. The van der Waals surface area contributed by atoms with Crippen molar-refractivity contribution in [2.45, 2.75) is 25.2 Å². The van der Waals surface area contributed by atoms with Gasteiger partial charge in [-0.3, -0.25) is 15.2 Å². The Morgan fingerprint density at radius 3 is 3.06 bits per heavy atom. The van der Waals surface area contributed by atoms with Crippen LogP contribution in [0.4, 0.5) is 5.95 Å². The standard InChI is InChI=1S/C11H12N4OS/c16-10(8-5-2-6-17-8)13-11-12-9(14-15-11)7-3-1-4-7/h2,5-7H,1,3-4H2,(H2,12,13,14,15,16). The van der Waals surface area contributed by atoms with Crippen LogP contribution in [0, 0.1) is 0 Å². The van der Waals surface area contributed by atoms with Gasteiger partial charge in [0.25, 0.3) is 5.91 Å². The molecule has 6 heteroatoms. The summed E-state index contributed by atoms with van der Waals surface area (Å²) >= 11 is 1.40. The lowest BCUT2D eigenvalue weighted by Gasteiger charge is -2.22. The number of hydrogen-bond donors (Lipinski definition) is 2. The summed E-state index contributed by atoms with van der Waals surface area (Å²) in [4.78, 5) is 16.7. The molecule has 1 amide bonds. The van der Waals surface area contributed by atoms with Gasteiger partial charge in [0.2, 0.25) is 5.95 Å². The molecule has 0 aromatic carbocycles. The van der Waals surface area contributed by atoms with E-state index in [9.17, 15) is 4.79 Å². The van der Waals surface area contributed by atoms with Gasteiger partial charge < -0.3 is 0 Å². The molecule has 0 bridgehead atoms. The van der Waals surface area contributed by atoms with Crippen LogP contribution in [0.2, 0.25) is 0 Å². The highest BCUT2D eigenvalue weighted by Crippen LogP contribution is 2.34. The van der Waals surface area contributed by atoms with E-state index in [1.54, 1.807) is 6.07 Å². The van der Waals surface area contributed by atoms with Crippen molar-refractivity contribution in [2.24, 2.45) is 0 Å². The molecule has 0 spiro atoms. The third kappa shape index (κ3) is 2.08. The van der Waals surface area contributed by atoms with Crippen LogP contribution in [-0.2, 0) is 0 Å². The summed E-state index contributed by atoms with van der Waals surface area (Å²) in [6.07, 6.45) is 3.57. The molecule has 1 saturated carbocycles. The monoisotopic (exact) mass is 248 g/mol. The van der Waals surface area contributed by atoms with Crippen molar-refractivity contribution in [1.82, 2.24) is 15.2 Å². The molecule has 0 saturated heterocycles. The lowest BCUT2D eigenvalue weighted by atomic mass is 9.85. The molecule has 17 heavy (non-hydrogen) atoms. The van der Waals surface area contributed by atoms with Crippen LogP contribution >= 0.6 is 11.3 Å². The molecule has 2 heterocycles. The maximum atomic E-state index is 11.7. The molecule has 2 aromatic rings. The zero-order valence-electron chi connectivity index (χ0n) is 9.14. The molecular weight excluding hydrogens is 236 g/mol. The highest BCUT2D eigenvalue weighted by atomic mass is 32.1. The number of thiophene rings is 1. The molecule has 0 atom stereocenters. The van der Waals surface area contributed by atoms with Gasteiger partial charge in [-0.05, 0) is 24.3 Å². The summed E-state index contributed by atoms with van der Waals surface area (Å²) in [5.41, 5.74) is 0. The minimum atomic E-state index is -0.154. The number of H-pyrrole nitrogens is 1. The molecule has 1 aliphatic rings. The van der Waals surface area contributed by atoms with E-state index in [0.29, 0.717) is 16.7 Å². The number of carbonyl (C=O) groups is 1. The maximum Gasteiger partial charge on any atom is 0.268 e. The highest BCUT2D eigenvalue weighted by molar-refractivity contribution is 7.12. The van der Waals surface area contributed by atoms with Gasteiger partial charge in [0.1, 0.15) is 5.82 Å². The van der Waals surface area contributed by atoms with E-state index in [1.807, 2.05) is 11.4 Å². The Labute approximate surface area is 102 Å². The van der Waals surface area contributed by atoms with Crippen LogP contribution < -0.4 is 5.32 Å². The van der Waals surface area contributed by atoms with Crippen LogP contribution in [0.1, 0.15) is 40.7 Å². The fraction of sp³-hybridized carbons (Fsp3) is 0.364. The van der Waals surface area contributed by atoms with E-state index >= 15 is 0 Å². The third-order valence-electron chi connectivity index (χ3n) is 2.96. The molecule has 0 unspecified atom stereocenters. The van der Waals surface area contributed by atoms with Crippen LogP contribution in [0.3, 0.4) is 0 Å². The zero-order chi connectivity index (χ0) is 11.7. The Morgan fingerprint density at radius 2 is 2.41 bits per heavy atom. The summed E-state index contributed by atoms with van der Waals surface area (Å²) in [7, 11) is 0. The number of hydrogen-bond acceptors (Lipinski definition) is 4. The Hall–Kier alpha value is -1.69. The van der Waals surface area contributed by atoms with E-state index in [2.05, 4.69) is 20.5 Å². The Balaban J connectivity index is 1.68. The smallest absolute Gasteiger partial charge is 0.268 e. The van der Waals surface area contributed by atoms with Crippen molar-refractivity contribution in [3.8, 4) is 0 Å². The minimum absolute atomic E-state index is 0.154. The topological polar surface area (TPSA) is 70.7 Å². The average Bonchev–Trinajstić information content (AvgIpc) is 2.85. The molecule has 0 aliphatic heterocycles. The average molecular weight is 248 g/mol. The Bertz CT molecular complexity index is 515. The SMILES string of the molecule is O=C(Nc1n[nH]c(C2CCC2)n1)c1cccs1. The van der Waals surface area contributed by atoms with Crippen molar-refractivity contribution < 1.29 is 4.79 Å². The third-order valence-corrected chi connectivity index (χ3v) is 3.83. The van der Waals surface area contributed by atoms with Crippen LogP contribution in [-0.4, -0.2) is 21.1 Å². The number of anilines is 1. The largest absolute Gasteiger partial charge is 0.288 e. The highest BCUT2D eigenvalue weighted by Gasteiger charge is 2.23. The summed E-state index contributed by atoms with van der Waals surface area (Å²) in [5.74, 6) is 1.59. The van der Waals surface area contributed by atoms with Gasteiger partial charge in [0, 0.05) is 5.92 Å². The second-order valence-corrected chi connectivity index (χ2v) is 5.05. The van der Waals surface area contributed by atoms with E-state index in [1.165, 1.54) is 17.8 Å². The summed E-state index contributed by atoms with van der Waals surface area (Å²) < 4.78 is 0. The van der Waals surface area contributed by atoms with Gasteiger partial charge in [0.05, 0.1) is 4.88 Å². The molecule has 1 fully saturated rings.